The van der Waals surface area contributed by atoms with E-state index >= 15 is 0 Å². The summed E-state index contributed by atoms with van der Waals surface area (Å²) in [6.07, 6.45) is 1.03. The molecule has 1 heterocycles. The maximum absolute atomic E-state index is 5.62. The third-order valence-electron chi connectivity index (χ3n) is 4.57. The Labute approximate surface area is 154 Å². The highest BCUT2D eigenvalue weighted by molar-refractivity contribution is 7.10. The number of hydrogen-bond acceptors (Lipinski definition) is 3. The van der Waals surface area contributed by atoms with Crippen LogP contribution in [-0.4, -0.2) is 13.7 Å². The third kappa shape index (κ3) is 4.50. The van der Waals surface area contributed by atoms with Crippen LogP contribution in [0.1, 0.15) is 41.3 Å². The molecule has 1 N–H and O–H groups in total. The van der Waals surface area contributed by atoms with Crippen LogP contribution in [0.4, 0.5) is 0 Å². The smallest absolute Gasteiger partial charge is 0.122 e. The van der Waals surface area contributed by atoms with E-state index in [1.54, 1.807) is 18.4 Å². The molecule has 0 aliphatic heterocycles. The molecule has 25 heavy (non-hydrogen) atoms. The quantitative estimate of drug-likeness (QED) is 0.568. The fourth-order valence-electron chi connectivity index (χ4n) is 3.22. The predicted molar refractivity (Wildman–Crippen MR) is 107 cm³/mol. The van der Waals surface area contributed by atoms with Gasteiger partial charge in [0.2, 0.25) is 0 Å². The second-order valence-corrected chi connectivity index (χ2v) is 7.16. The van der Waals surface area contributed by atoms with E-state index in [1.807, 2.05) is 12.1 Å². The van der Waals surface area contributed by atoms with Gasteiger partial charge in [0, 0.05) is 22.4 Å². The molecule has 0 aliphatic rings. The zero-order valence-electron chi connectivity index (χ0n) is 14.8. The van der Waals surface area contributed by atoms with Gasteiger partial charge >= 0.3 is 0 Å². The summed E-state index contributed by atoms with van der Waals surface area (Å²) in [7, 11) is 1.75. The number of thiophene rings is 1. The van der Waals surface area contributed by atoms with Gasteiger partial charge in [-0.3, -0.25) is 0 Å². The van der Waals surface area contributed by atoms with Crippen molar-refractivity contribution in [3.8, 4) is 5.75 Å². The topological polar surface area (TPSA) is 21.3 Å². The van der Waals surface area contributed by atoms with Crippen LogP contribution >= 0.6 is 11.3 Å². The van der Waals surface area contributed by atoms with Crippen LogP contribution in [0.25, 0.3) is 0 Å². The third-order valence-corrected chi connectivity index (χ3v) is 5.62. The molecule has 0 saturated carbocycles. The second kappa shape index (κ2) is 8.84. The van der Waals surface area contributed by atoms with E-state index in [1.165, 1.54) is 16.0 Å². The van der Waals surface area contributed by atoms with Crippen molar-refractivity contribution >= 4 is 11.3 Å². The van der Waals surface area contributed by atoms with Crippen LogP contribution in [0.15, 0.2) is 72.1 Å². The van der Waals surface area contributed by atoms with Gasteiger partial charge < -0.3 is 10.1 Å². The van der Waals surface area contributed by atoms with Crippen LogP contribution in [0, 0.1) is 0 Å². The molecule has 2 aromatic carbocycles. The first-order chi connectivity index (χ1) is 12.3. The molecule has 3 rings (SSSR count). The number of para-hydroxylation sites is 1. The van der Waals surface area contributed by atoms with E-state index in [4.69, 9.17) is 4.74 Å². The summed E-state index contributed by atoms with van der Waals surface area (Å²) in [6, 6.07) is 23.7. The molecule has 0 saturated heterocycles. The van der Waals surface area contributed by atoms with Crippen molar-refractivity contribution in [2.75, 3.05) is 13.7 Å². The molecule has 0 radical (unpaired) electrons. The lowest BCUT2D eigenvalue weighted by Gasteiger charge is -2.22. The van der Waals surface area contributed by atoms with Crippen molar-refractivity contribution in [2.45, 2.75) is 25.3 Å². The summed E-state index contributed by atoms with van der Waals surface area (Å²) in [5, 5.41) is 5.80. The predicted octanol–water partition coefficient (Wildman–Crippen LogP) is 5.63. The molecule has 0 bridgehead atoms. The Bertz CT molecular complexity index is 755. The Morgan fingerprint density at radius 3 is 2.44 bits per heavy atom. The van der Waals surface area contributed by atoms with Crippen molar-refractivity contribution in [2.24, 2.45) is 0 Å². The standard InChI is InChI=1S/C22H25NOS/c1-17(22-13-8-16-25-22)23-15-14-19(18-9-4-3-5-10-18)20-11-6-7-12-21(20)24-2/h3-13,16-17,19,23H,14-15H2,1-2H3/t17-,19+/m1/s1. The first-order valence-corrected chi connectivity index (χ1v) is 9.62. The van der Waals surface area contributed by atoms with Crippen LogP contribution in [0.5, 0.6) is 5.75 Å². The fraction of sp³-hybridized carbons (Fsp3) is 0.273. The van der Waals surface area contributed by atoms with Gasteiger partial charge in [0.15, 0.2) is 0 Å². The lowest BCUT2D eigenvalue weighted by molar-refractivity contribution is 0.405. The maximum atomic E-state index is 5.62. The number of rotatable bonds is 8. The van der Waals surface area contributed by atoms with Crippen LogP contribution in [-0.2, 0) is 0 Å². The zero-order chi connectivity index (χ0) is 17.5. The summed E-state index contributed by atoms with van der Waals surface area (Å²) in [5.74, 6) is 1.28. The van der Waals surface area contributed by atoms with Crippen LogP contribution < -0.4 is 10.1 Å². The van der Waals surface area contributed by atoms with Gasteiger partial charge in [-0.1, -0.05) is 54.6 Å². The molecular formula is C22H25NOS. The number of nitrogens with one attached hydrogen (secondary N) is 1. The summed E-state index contributed by atoms with van der Waals surface area (Å²) < 4.78 is 5.62. The van der Waals surface area contributed by atoms with E-state index in [9.17, 15) is 0 Å². The summed E-state index contributed by atoms with van der Waals surface area (Å²) in [4.78, 5) is 1.38. The normalized spacial score (nSPS) is 13.4. The largest absolute Gasteiger partial charge is 0.496 e. The monoisotopic (exact) mass is 351 g/mol. The Morgan fingerprint density at radius 1 is 0.960 bits per heavy atom. The van der Waals surface area contributed by atoms with Gasteiger partial charge in [0.1, 0.15) is 5.75 Å². The Hall–Kier alpha value is -2.10. The first kappa shape index (κ1) is 17.7. The van der Waals surface area contributed by atoms with Crippen molar-refractivity contribution in [1.29, 1.82) is 0 Å². The molecule has 0 spiro atoms. The number of ether oxygens (including phenoxy) is 1. The van der Waals surface area contributed by atoms with Crippen molar-refractivity contribution in [3.05, 3.63) is 88.1 Å². The molecule has 130 valence electrons. The lowest BCUT2D eigenvalue weighted by atomic mass is 9.88. The molecule has 0 aliphatic carbocycles. The molecule has 0 amide bonds. The molecule has 0 fully saturated rings. The molecular weight excluding hydrogens is 326 g/mol. The summed E-state index contributed by atoms with van der Waals surface area (Å²) in [5.41, 5.74) is 2.58. The van der Waals surface area contributed by atoms with E-state index in [0.29, 0.717) is 12.0 Å². The second-order valence-electron chi connectivity index (χ2n) is 6.19. The highest BCUT2D eigenvalue weighted by Crippen LogP contribution is 2.34. The maximum Gasteiger partial charge on any atom is 0.122 e. The molecule has 3 heteroatoms. The van der Waals surface area contributed by atoms with Crippen LogP contribution in [0.2, 0.25) is 0 Å². The van der Waals surface area contributed by atoms with E-state index in [-0.39, 0.29) is 0 Å². The lowest BCUT2D eigenvalue weighted by Crippen LogP contribution is -2.21. The number of methoxy groups -OCH3 is 1. The average molecular weight is 352 g/mol. The van der Waals surface area contributed by atoms with Gasteiger partial charge in [-0.15, -0.1) is 11.3 Å². The minimum Gasteiger partial charge on any atom is -0.496 e. The van der Waals surface area contributed by atoms with Gasteiger partial charge in [-0.2, -0.15) is 0 Å². The zero-order valence-corrected chi connectivity index (χ0v) is 15.6. The van der Waals surface area contributed by atoms with Gasteiger partial charge in [0.25, 0.3) is 0 Å². The summed E-state index contributed by atoms with van der Waals surface area (Å²) in [6.45, 7) is 3.18. The van der Waals surface area contributed by atoms with E-state index in [0.717, 1.165) is 18.7 Å². The summed E-state index contributed by atoms with van der Waals surface area (Å²) >= 11 is 1.81. The molecule has 2 atom stereocenters. The van der Waals surface area contributed by atoms with Crippen LogP contribution in [0.3, 0.4) is 0 Å². The molecule has 0 unspecified atom stereocenters. The highest BCUT2D eigenvalue weighted by Gasteiger charge is 2.18. The van der Waals surface area contributed by atoms with E-state index < -0.39 is 0 Å². The number of benzene rings is 2. The molecule has 3 aromatic rings. The first-order valence-electron chi connectivity index (χ1n) is 8.74. The fourth-order valence-corrected chi connectivity index (χ4v) is 3.98. The van der Waals surface area contributed by atoms with Crippen molar-refractivity contribution in [1.82, 2.24) is 5.32 Å². The van der Waals surface area contributed by atoms with Gasteiger partial charge in [-0.25, -0.2) is 0 Å². The van der Waals surface area contributed by atoms with Crippen molar-refractivity contribution < 1.29 is 4.74 Å². The van der Waals surface area contributed by atoms with Gasteiger partial charge in [0.05, 0.1) is 7.11 Å². The SMILES string of the molecule is COc1ccccc1[C@@H](CCN[C@H](C)c1cccs1)c1ccccc1. The highest BCUT2D eigenvalue weighted by atomic mass is 32.1. The Morgan fingerprint density at radius 2 is 1.72 bits per heavy atom. The Kier molecular flexibility index (Phi) is 6.26. The number of hydrogen-bond donors (Lipinski definition) is 1. The average Bonchev–Trinajstić information content (AvgIpc) is 3.21. The minimum absolute atomic E-state index is 0.320. The van der Waals surface area contributed by atoms with Gasteiger partial charge in [-0.05, 0) is 43.0 Å². The van der Waals surface area contributed by atoms with Crippen molar-refractivity contribution in [3.63, 3.8) is 0 Å². The molecule has 1 aromatic heterocycles. The minimum atomic E-state index is 0.320. The molecule has 2 nitrogen and oxygen atoms in total. The Balaban J connectivity index is 1.75. The van der Waals surface area contributed by atoms with E-state index in [2.05, 4.69) is 72.2 Å².